The second kappa shape index (κ2) is 8.57. The number of likely N-dealkylation sites (tertiary alicyclic amines) is 1. The molecule has 1 aliphatic rings. The van der Waals surface area contributed by atoms with Crippen LogP contribution in [-0.2, 0) is 9.59 Å². The van der Waals surface area contributed by atoms with E-state index in [2.05, 4.69) is 0 Å². The van der Waals surface area contributed by atoms with Gasteiger partial charge in [-0.25, -0.2) is 0 Å². The van der Waals surface area contributed by atoms with Crippen LogP contribution in [0, 0.1) is 0 Å². The van der Waals surface area contributed by atoms with Crippen LogP contribution in [0.15, 0.2) is 48.0 Å². The first-order valence-corrected chi connectivity index (χ1v) is 9.57. The lowest BCUT2D eigenvalue weighted by Gasteiger charge is -2.26. The van der Waals surface area contributed by atoms with Crippen molar-refractivity contribution in [1.82, 2.24) is 4.90 Å². The average Bonchev–Trinajstić information content (AvgIpc) is 2.98. The van der Waals surface area contributed by atoms with Crippen LogP contribution in [-0.4, -0.2) is 42.5 Å². The molecule has 2 aromatic carbocycles. The van der Waals surface area contributed by atoms with Crippen LogP contribution in [0.3, 0.4) is 0 Å². The highest BCUT2D eigenvalue weighted by molar-refractivity contribution is 6.46. The predicted octanol–water partition coefficient (Wildman–Crippen LogP) is 4.19. The molecule has 152 valence electrons. The summed E-state index contributed by atoms with van der Waals surface area (Å²) in [6.07, 6.45) is 0.650. The molecule has 3 rings (SSSR count). The quantitative estimate of drug-likeness (QED) is 0.435. The monoisotopic (exact) mass is 415 g/mol. The number of hydrogen-bond acceptors (Lipinski definition) is 5. The summed E-state index contributed by atoms with van der Waals surface area (Å²) in [6, 6.07) is 10.9. The van der Waals surface area contributed by atoms with E-state index in [1.54, 1.807) is 42.5 Å². The van der Waals surface area contributed by atoms with E-state index in [9.17, 15) is 14.7 Å². The molecule has 2 aromatic rings. The van der Waals surface area contributed by atoms with Crippen LogP contribution >= 0.6 is 11.6 Å². The van der Waals surface area contributed by atoms with Crippen LogP contribution in [0.2, 0.25) is 5.02 Å². The standard InChI is InChI=1S/C22H22ClNO5/c1-4-12-24-18(15-6-5-7-16(28-2)21(15)29-3)17(20(26)22(24)27)19(25)13-8-10-14(23)11-9-13/h5-11,18,25H,4,12H2,1-3H3/b19-17+. The highest BCUT2D eigenvalue weighted by atomic mass is 35.5. The summed E-state index contributed by atoms with van der Waals surface area (Å²) in [6.45, 7) is 2.27. The minimum Gasteiger partial charge on any atom is -0.507 e. The molecule has 0 saturated carbocycles. The van der Waals surface area contributed by atoms with Gasteiger partial charge >= 0.3 is 0 Å². The Morgan fingerprint density at radius 1 is 1.10 bits per heavy atom. The summed E-state index contributed by atoms with van der Waals surface area (Å²) < 4.78 is 10.9. The van der Waals surface area contributed by atoms with Crippen LogP contribution in [0.25, 0.3) is 5.76 Å². The third kappa shape index (κ3) is 3.68. The van der Waals surface area contributed by atoms with Crippen molar-refractivity contribution < 1.29 is 24.2 Å². The van der Waals surface area contributed by atoms with E-state index in [1.807, 2.05) is 6.92 Å². The molecule has 1 aliphatic heterocycles. The van der Waals surface area contributed by atoms with Crippen molar-refractivity contribution in [2.75, 3.05) is 20.8 Å². The summed E-state index contributed by atoms with van der Waals surface area (Å²) in [5, 5.41) is 11.5. The maximum atomic E-state index is 12.9. The number of nitrogens with zero attached hydrogens (tertiary/aromatic N) is 1. The Kier molecular flexibility index (Phi) is 6.13. The number of methoxy groups -OCH3 is 2. The lowest BCUT2D eigenvalue weighted by atomic mass is 9.94. The molecule has 1 amide bonds. The topological polar surface area (TPSA) is 76.1 Å². The molecule has 1 unspecified atom stereocenters. The minimum atomic E-state index is -0.796. The van der Waals surface area contributed by atoms with Gasteiger partial charge in [-0.2, -0.15) is 0 Å². The Morgan fingerprint density at radius 2 is 1.79 bits per heavy atom. The fraction of sp³-hybridized carbons (Fsp3) is 0.273. The number of carbonyl (C=O) groups is 2. The Bertz CT molecular complexity index is 968. The summed E-state index contributed by atoms with van der Waals surface area (Å²) in [5.74, 6) is -0.768. The Balaban J connectivity index is 2.26. The SMILES string of the molecule is CCCN1C(=O)C(=O)/C(=C(/O)c2ccc(Cl)cc2)C1c1cccc(OC)c1OC. The van der Waals surface area contributed by atoms with Crippen molar-refractivity contribution in [2.24, 2.45) is 0 Å². The molecule has 1 saturated heterocycles. The molecule has 0 spiro atoms. The molecule has 1 N–H and O–H groups in total. The van der Waals surface area contributed by atoms with Crippen molar-refractivity contribution in [2.45, 2.75) is 19.4 Å². The molecular formula is C22H22ClNO5. The fourth-order valence-corrected chi connectivity index (χ4v) is 3.69. The number of carbonyl (C=O) groups excluding carboxylic acids is 2. The largest absolute Gasteiger partial charge is 0.507 e. The van der Waals surface area contributed by atoms with E-state index < -0.39 is 17.7 Å². The third-order valence-corrected chi connectivity index (χ3v) is 5.10. The fourth-order valence-electron chi connectivity index (χ4n) is 3.57. The zero-order chi connectivity index (χ0) is 21.1. The van der Waals surface area contributed by atoms with Gasteiger partial charge < -0.3 is 19.5 Å². The number of rotatable bonds is 6. The lowest BCUT2D eigenvalue weighted by Crippen LogP contribution is -2.30. The molecule has 1 fully saturated rings. The van der Waals surface area contributed by atoms with Gasteiger partial charge in [-0.3, -0.25) is 9.59 Å². The van der Waals surface area contributed by atoms with Crippen molar-refractivity contribution in [3.05, 3.63) is 64.2 Å². The third-order valence-electron chi connectivity index (χ3n) is 4.85. The lowest BCUT2D eigenvalue weighted by molar-refractivity contribution is -0.139. The number of amides is 1. The predicted molar refractivity (Wildman–Crippen MR) is 110 cm³/mol. The van der Waals surface area contributed by atoms with E-state index in [1.165, 1.54) is 19.1 Å². The molecular weight excluding hydrogens is 394 g/mol. The Labute approximate surface area is 174 Å². The average molecular weight is 416 g/mol. The van der Waals surface area contributed by atoms with Crippen LogP contribution in [0.5, 0.6) is 11.5 Å². The number of ketones is 1. The van der Waals surface area contributed by atoms with Crippen LogP contribution < -0.4 is 9.47 Å². The maximum Gasteiger partial charge on any atom is 0.295 e. The number of halogens is 1. The van der Waals surface area contributed by atoms with Gasteiger partial charge in [0.2, 0.25) is 0 Å². The van der Waals surface area contributed by atoms with Crippen LogP contribution in [0.1, 0.15) is 30.5 Å². The summed E-state index contributed by atoms with van der Waals surface area (Å²) in [4.78, 5) is 27.1. The van der Waals surface area contributed by atoms with E-state index >= 15 is 0 Å². The molecule has 0 aromatic heterocycles. The van der Waals surface area contributed by atoms with Gasteiger partial charge in [-0.1, -0.05) is 30.7 Å². The van der Waals surface area contributed by atoms with Crippen molar-refractivity contribution in [1.29, 1.82) is 0 Å². The smallest absolute Gasteiger partial charge is 0.295 e. The van der Waals surface area contributed by atoms with Crippen molar-refractivity contribution in [3.63, 3.8) is 0 Å². The van der Waals surface area contributed by atoms with E-state index in [0.29, 0.717) is 40.6 Å². The number of para-hydroxylation sites is 1. The second-order valence-corrected chi connectivity index (χ2v) is 7.02. The molecule has 0 bridgehead atoms. The highest BCUT2D eigenvalue weighted by Gasteiger charge is 2.47. The van der Waals surface area contributed by atoms with E-state index in [4.69, 9.17) is 21.1 Å². The molecule has 6 nitrogen and oxygen atoms in total. The zero-order valence-corrected chi connectivity index (χ0v) is 17.2. The number of aliphatic hydroxyl groups excluding tert-OH is 1. The first kappa shape index (κ1) is 20.7. The Hall–Kier alpha value is -2.99. The minimum absolute atomic E-state index is 0.0114. The van der Waals surface area contributed by atoms with Gasteiger partial charge in [0.1, 0.15) is 5.76 Å². The molecule has 1 atom stereocenters. The second-order valence-electron chi connectivity index (χ2n) is 6.58. The maximum absolute atomic E-state index is 12.9. The van der Waals surface area contributed by atoms with Gasteiger partial charge in [0, 0.05) is 22.7 Å². The summed E-state index contributed by atoms with van der Waals surface area (Å²) in [7, 11) is 3.00. The molecule has 0 radical (unpaired) electrons. The van der Waals surface area contributed by atoms with Gasteiger partial charge in [0.15, 0.2) is 11.5 Å². The Morgan fingerprint density at radius 3 is 2.38 bits per heavy atom. The number of Topliss-reactive ketones (excluding diaryl/α,β-unsaturated/α-hetero) is 1. The number of hydrogen-bond donors (Lipinski definition) is 1. The van der Waals surface area contributed by atoms with E-state index in [-0.39, 0.29) is 11.3 Å². The normalized spacial score (nSPS) is 18.2. The van der Waals surface area contributed by atoms with Gasteiger partial charge in [-0.05, 0) is 36.8 Å². The van der Waals surface area contributed by atoms with Gasteiger partial charge in [-0.15, -0.1) is 0 Å². The van der Waals surface area contributed by atoms with Crippen molar-refractivity contribution >= 4 is 29.1 Å². The summed E-state index contributed by atoms with van der Waals surface area (Å²) in [5.41, 5.74) is 0.975. The first-order chi connectivity index (χ1) is 13.9. The summed E-state index contributed by atoms with van der Waals surface area (Å²) >= 11 is 5.93. The molecule has 7 heteroatoms. The number of aliphatic hydroxyl groups is 1. The number of ether oxygens (including phenoxy) is 2. The number of benzene rings is 2. The molecule has 1 heterocycles. The molecule has 29 heavy (non-hydrogen) atoms. The first-order valence-electron chi connectivity index (χ1n) is 9.19. The molecule has 0 aliphatic carbocycles. The van der Waals surface area contributed by atoms with E-state index in [0.717, 1.165) is 0 Å². The van der Waals surface area contributed by atoms with Crippen molar-refractivity contribution in [3.8, 4) is 11.5 Å². The zero-order valence-electron chi connectivity index (χ0n) is 16.4. The van der Waals surface area contributed by atoms with Gasteiger partial charge in [0.25, 0.3) is 11.7 Å². The van der Waals surface area contributed by atoms with Gasteiger partial charge in [0.05, 0.1) is 25.8 Å². The highest BCUT2D eigenvalue weighted by Crippen LogP contribution is 2.45. The van der Waals surface area contributed by atoms with Crippen LogP contribution in [0.4, 0.5) is 0 Å².